The van der Waals surface area contributed by atoms with E-state index >= 15 is 0 Å². The molecule has 2 amide bonds. The molecule has 26 heavy (non-hydrogen) atoms. The molecule has 2 aromatic carbocycles. The van der Waals surface area contributed by atoms with Crippen LogP contribution in [0.1, 0.15) is 10.4 Å². The number of phenolic OH excluding ortho intramolecular Hbond substituents is 1. The molecule has 0 aliphatic heterocycles. The number of fused-ring (bicyclic) bond motifs is 1. The van der Waals surface area contributed by atoms with Gasteiger partial charge in [-0.15, -0.1) is 0 Å². The molecule has 130 valence electrons. The molecule has 1 aromatic heterocycles. The quantitative estimate of drug-likeness (QED) is 0.381. The Morgan fingerprint density at radius 3 is 2.50 bits per heavy atom. The normalized spacial score (nSPS) is 10.3. The van der Waals surface area contributed by atoms with E-state index in [1.807, 2.05) is 0 Å². The lowest BCUT2D eigenvalue weighted by molar-refractivity contribution is -0.111. The second-order valence-electron chi connectivity index (χ2n) is 5.39. The second kappa shape index (κ2) is 6.94. The van der Waals surface area contributed by atoms with Crippen molar-refractivity contribution in [2.75, 3.05) is 10.6 Å². The van der Waals surface area contributed by atoms with Crippen molar-refractivity contribution in [2.45, 2.75) is 0 Å². The minimum absolute atomic E-state index is 0.00782. The number of carbonyl (C=O) groups is 2. The van der Waals surface area contributed by atoms with Crippen molar-refractivity contribution in [3.8, 4) is 5.75 Å². The fourth-order valence-electron chi connectivity index (χ4n) is 2.34. The Morgan fingerprint density at radius 2 is 1.73 bits per heavy atom. The summed E-state index contributed by atoms with van der Waals surface area (Å²) in [6.07, 6.45) is 1.10. The average molecular weight is 350 g/mol. The third kappa shape index (κ3) is 3.62. The molecule has 0 aliphatic carbocycles. The largest absolute Gasteiger partial charge is 0.507 e. The van der Waals surface area contributed by atoms with Crippen LogP contribution in [0.4, 0.5) is 11.4 Å². The topological polar surface area (TPSA) is 109 Å². The monoisotopic (exact) mass is 350 g/mol. The first-order valence-electron chi connectivity index (χ1n) is 7.58. The van der Waals surface area contributed by atoms with Crippen LogP contribution >= 0.6 is 0 Å². The maximum atomic E-state index is 12.5. The van der Waals surface area contributed by atoms with Gasteiger partial charge in [-0.2, -0.15) is 0 Å². The molecular weight excluding hydrogens is 336 g/mol. The Balaban J connectivity index is 1.86. The molecule has 0 saturated heterocycles. The fraction of sp³-hybridized carbons (Fsp3) is 0. The molecule has 0 saturated carbocycles. The number of hydrogen-bond acceptors (Lipinski definition) is 5. The number of phenols is 1. The van der Waals surface area contributed by atoms with Crippen LogP contribution in [0.5, 0.6) is 5.75 Å². The summed E-state index contributed by atoms with van der Waals surface area (Å²) in [5.74, 6) is -1.22. The van der Waals surface area contributed by atoms with Gasteiger partial charge in [0.2, 0.25) is 5.91 Å². The first-order valence-corrected chi connectivity index (χ1v) is 7.58. The van der Waals surface area contributed by atoms with Gasteiger partial charge >= 0.3 is 5.63 Å². The van der Waals surface area contributed by atoms with Crippen LogP contribution in [-0.4, -0.2) is 16.9 Å². The van der Waals surface area contributed by atoms with Crippen molar-refractivity contribution in [1.29, 1.82) is 0 Å². The SMILES string of the molecule is C=CC(=O)Nc1ccc(O)c(C(=O)Nc2ccc3oc(=O)ccc3c2)c1. The number of aromatic hydroxyl groups is 1. The maximum absolute atomic E-state index is 12.5. The highest BCUT2D eigenvalue weighted by molar-refractivity contribution is 6.08. The van der Waals surface area contributed by atoms with Crippen molar-refractivity contribution < 1.29 is 19.1 Å². The molecule has 0 fully saturated rings. The van der Waals surface area contributed by atoms with E-state index in [4.69, 9.17) is 4.42 Å². The third-order valence-corrected chi connectivity index (χ3v) is 3.57. The van der Waals surface area contributed by atoms with E-state index in [0.717, 1.165) is 6.08 Å². The van der Waals surface area contributed by atoms with E-state index < -0.39 is 17.4 Å². The van der Waals surface area contributed by atoms with E-state index in [2.05, 4.69) is 17.2 Å². The zero-order valence-electron chi connectivity index (χ0n) is 13.5. The van der Waals surface area contributed by atoms with E-state index in [1.54, 1.807) is 24.3 Å². The molecule has 0 aliphatic rings. The van der Waals surface area contributed by atoms with Crippen molar-refractivity contribution in [1.82, 2.24) is 0 Å². The molecule has 1 heterocycles. The highest BCUT2D eigenvalue weighted by atomic mass is 16.4. The molecule has 0 unspecified atom stereocenters. The lowest BCUT2D eigenvalue weighted by Gasteiger charge is -2.10. The lowest BCUT2D eigenvalue weighted by Crippen LogP contribution is -2.13. The van der Waals surface area contributed by atoms with Crippen LogP contribution in [0.3, 0.4) is 0 Å². The van der Waals surface area contributed by atoms with Crippen molar-refractivity contribution in [3.63, 3.8) is 0 Å². The molecule has 0 atom stereocenters. The van der Waals surface area contributed by atoms with E-state index in [9.17, 15) is 19.5 Å². The molecule has 7 heteroatoms. The van der Waals surface area contributed by atoms with Crippen LogP contribution in [0.25, 0.3) is 11.0 Å². The average Bonchev–Trinajstić information content (AvgIpc) is 2.63. The van der Waals surface area contributed by atoms with E-state index in [-0.39, 0.29) is 11.3 Å². The minimum atomic E-state index is -0.561. The Labute approximate surface area is 147 Å². The van der Waals surface area contributed by atoms with Gasteiger partial charge in [-0.25, -0.2) is 4.79 Å². The third-order valence-electron chi connectivity index (χ3n) is 3.57. The Kier molecular flexibility index (Phi) is 4.53. The molecule has 0 bridgehead atoms. The summed E-state index contributed by atoms with van der Waals surface area (Å²) in [7, 11) is 0. The lowest BCUT2D eigenvalue weighted by atomic mass is 10.1. The molecule has 7 nitrogen and oxygen atoms in total. The van der Waals surface area contributed by atoms with Crippen LogP contribution in [-0.2, 0) is 4.79 Å². The summed E-state index contributed by atoms with van der Waals surface area (Å²) in [5, 5.41) is 15.7. The molecule has 3 aromatic rings. The first-order chi connectivity index (χ1) is 12.5. The van der Waals surface area contributed by atoms with Crippen LogP contribution in [0.2, 0.25) is 0 Å². The Morgan fingerprint density at radius 1 is 1.00 bits per heavy atom. The predicted molar refractivity (Wildman–Crippen MR) is 97.4 cm³/mol. The molecule has 0 radical (unpaired) electrons. The smallest absolute Gasteiger partial charge is 0.336 e. The van der Waals surface area contributed by atoms with Gasteiger partial charge < -0.3 is 20.2 Å². The number of nitrogens with one attached hydrogen (secondary N) is 2. The molecular formula is C19H14N2O5. The predicted octanol–water partition coefficient (Wildman–Crippen LogP) is 2.88. The second-order valence-corrected chi connectivity index (χ2v) is 5.39. The number of carbonyl (C=O) groups excluding carboxylic acids is 2. The summed E-state index contributed by atoms with van der Waals surface area (Å²) in [4.78, 5) is 35.0. The van der Waals surface area contributed by atoms with Gasteiger partial charge in [0.15, 0.2) is 0 Å². The molecule has 0 spiro atoms. The highest BCUT2D eigenvalue weighted by Crippen LogP contribution is 2.24. The Hall–Kier alpha value is -3.87. The van der Waals surface area contributed by atoms with Gasteiger partial charge in [0, 0.05) is 22.8 Å². The van der Waals surface area contributed by atoms with Gasteiger partial charge in [0.25, 0.3) is 5.91 Å². The number of benzene rings is 2. The molecule has 3 N–H and O–H groups in total. The first kappa shape index (κ1) is 17.0. The van der Waals surface area contributed by atoms with E-state index in [0.29, 0.717) is 22.3 Å². The van der Waals surface area contributed by atoms with Crippen molar-refractivity contribution in [2.24, 2.45) is 0 Å². The summed E-state index contributed by atoms with van der Waals surface area (Å²) in [6.45, 7) is 3.35. The minimum Gasteiger partial charge on any atom is -0.507 e. The zero-order chi connectivity index (χ0) is 18.7. The number of amides is 2. The van der Waals surface area contributed by atoms with Crippen molar-refractivity contribution >= 4 is 34.2 Å². The summed E-state index contributed by atoms with van der Waals surface area (Å²) in [5.41, 5.74) is 0.728. The standard InChI is InChI=1S/C19H14N2O5/c1-2-17(23)20-13-4-6-15(22)14(10-13)19(25)21-12-5-7-16-11(9-12)3-8-18(24)26-16/h2-10,22H,1H2,(H,20,23)(H,21,25). The zero-order valence-corrected chi connectivity index (χ0v) is 13.5. The van der Waals surface area contributed by atoms with Crippen LogP contribution < -0.4 is 16.3 Å². The summed E-state index contributed by atoms with van der Waals surface area (Å²) >= 11 is 0. The van der Waals surface area contributed by atoms with Crippen LogP contribution in [0.15, 0.2) is 70.4 Å². The summed E-state index contributed by atoms with van der Waals surface area (Å²) in [6, 6.07) is 11.8. The fourth-order valence-corrected chi connectivity index (χ4v) is 2.34. The maximum Gasteiger partial charge on any atom is 0.336 e. The Bertz CT molecular complexity index is 1080. The summed E-state index contributed by atoms with van der Waals surface area (Å²) < 4.78 is 5.03. The van der Waals surface area contributed by atoms with Gasteiger partial charge in [-0.1, -0.05) is 6.58 Å². The highest BCUT2D eigenvalue weighted by Gasteiger charge is 2.13. The van der Waals surface area contributed by atoms with Crippen LogP contribution in [0, 0.1) is 0 Å². The van der Waals surface area contributed by atoms with E-state index in [1.165, 1.54) is 24.3 Å². The van der Waals surface area contributed by atoms with Gasteiger partial charge in [0.05, 0.1) is 5.56 Å². The van der Waals surface area contributed by atoms with Gasteiger partial charge in [-0.05, 0) is 48.5 Å². The van der Waals surface area contributed by atoms with Crippen molar-refractivity contribution in [3.05, 3.63) is 77.2 Å². The number of hydrogen-bond donors (Lipinski definition) is 3. The van der Waals surface area contributed by atoms with Gasteiger partial charge in [-0.3, -0.25) is 9.59 Å². The van der Waals surface area contributed by atoms with Gasteiger partial charge in [0.1, 0.15) is 11.3 Å². The molecule has 3 rings (SSSR count). The number of rotatable bonds is 4. The number of anilines is 2.